The van der Waals surface area contributed by atoms with Crippen molar-refractivity contribution in [2.24, 2.45) is 0 Å². The number of carbonyl (C=O) groups is 1. The van der Waals surface area contributed by atoms with Gasteiger partial charge in [0.1, 0.15) is 0 Å². The Labute approximate surface area is 181 Å². The summed E-state index contributed by atoms with van der Waals surface area (Å²) in [5.41, 5.74) is 5.40. The normalized spacial score (nSPS) is 12.2. The predicted octanol–water partition coefficient (Wildman–Crippen LogP) is 6.07. The molecular formula is C27H23N3O. The number of hydrogen-bond acceptors (Lipinski definition) is 2. The number of nitrogens with zero attached hydrogens (tertiary/aromatic N) is 2. The molecule has 0 aliphatic carbocycles. The SMILES string of the molecule is Cc1c([C@@H](CC(=O)c2nccn2-c2ccccc2)c2ccccc2)[nH]c2ccccc12. The molecule has 5 aromatic rings. The maximum atomic E-state index is 13.5. The number of aryl methyl sites for hydroxylation is 1. The molecule has 0 bridgehead atoms. The highest BCUT2D eigenvalue weighted by molar-refractivity contribution is 5.94. The van der Waals surface area contributed by atoms with Crippen molar-refractivity contribution in [3.63, 3.8) is 0 Å². The Hall–Kier alpha value is -3.92. The van der Waals surface area contributed by atoms with Crippen LogP contribution in [0.15, 0.2) is 97.3 Å². The fourth-order valence-corrected chi connectivity index (χ4v) is 4.31. The van der Waals surface area contributed by atoms with E-state index in [0.29, 0.717) is 12.2 Å². The summed E-state index contributed by atoms with van der Waals surface area (Å²) in [6.07, 6.45) is 3.86. The first-order valence-electron chi connectivity index (χ1n) is 10.5. The Morgan fingerprint density at radius 1 is 0.935 bits per heavy atom. The van der Waals surface area contributed by atoms with Crippen LogP contribution in [0.1, 0.15) is 39.8 Å². The molecule has 4 heteroatoms. The van der Waals surface area contributed by atoms with E-state index in [2.05, 4.69) is 41.2 Å². The van der Waals surface area contributed by atoms with E-state index in [1.165, 1.54) is 10.9 Å². The molecular weight excluding hydrogens is 382 g/mol. The van der Waals surface area contributed by atoms with Crippen molar-refractivity contribution in [2.45, 2.75) is 19.3 Å². The molecule has 152 valence electrons. The van der Waals surface area contributed by atoms with Crippen molar-refractivity contribution in [1.82, 2.24) is 14.5 Å². The second-order valence-electron chi connectivity index (χ2n) is 7.76. The molecule has 4 nitrogen and oxygen atoms in total. The van der Waals surface area contributed by atoms with Crippen LogP contribution in [0.25, 0.3) is 16.6 Å². The van der Waals surface area contributed by atoms with Crippen molar-refractivity contribution < 1.29 is 4.79 Å². The van der Waals surface area contributed by atoms with Gasteiger partial charge in [0, 0.05) is 47.0 Å². The van der Waals surface area contributed by atoms with Crippen LogP contribution in [0.3, 0.4) is 0 Å². The third kappa shape index (κ3) is 3.57. The van der Waals surface area contributed by atoms with Gasteiger partial charge < -0.3 is 4.98 Å². The molecule has 5 rings (SSSR count). The lowest BCUT2D eigenvalue weighted by Crippen LogP contribution is -2.14. The molecule has 2 heterocycles. The number of Topliss-reactive ketones (excluding diaryl/α,β-unsaturated/α-hetero) is 1. The number of fused-ring (bicyclic) bond motifs is 1. The van der Waals surface area contributed by atoms with Gasteiger partial charge in [-0.1, -0.05) is 66.7 Å². The summed E-state index contributed by atoms with van der Waals surface area (Å²) in [6.45, 7) is 2.12. The average Bonchev–Trinajstić information content (AvgIpc) is 3.44. The van der Waals surface area contributed by atoms with Crippen molar-refractivity contribution in [3.05, 3.63) is 120 Å². The van der Waals surface area contributed by atoms with E-state index in [1.807, 2.05) is 71.4 Å². The van der Waals surface area contributed by atoms with Crippen LogP contribution in [0.2, 0.25) is 0 Å². The molecule has 0 saturated carbocycles. The number of imidazole rings is 1. The molecule has 0 unspecified atom stereocenters. The summed E-state index contributed by atoms with van der Waals surface area (Å²) in [4.78, 5) is 21.5. The Kier molecular flexibility index (Phi) is 4.97. The fraction of sp³-hybridized carbons (Fsp3) is 0.111. The number of H-pyrrole nitrogens is 1. The highest BCUT2D eigenvalue weighted by atomic mass is 16.1. The van der Waals surface area contributed by atoms with Gasteiger partial charge in [0.05, 0.1) is 0 Å². The summed E-state index contributed by atoms with van der Waals surface area (Å²) in [7, 11) is 0. The van der Waals surface area contributed by atoms with Crippen LogP contribution >= 0.6 is 0 Å². The Morgan fingerprint density at radius 2 is 1.61 bits per heavy atom. The van der Waals surface area contributed by atoms with Crippen molar-refractivity contribution >= 4 is 16.7 Å². The number of benzene rings is 3. The molecule has 0 aliphatic heterocycles. The minimum atomic E-state index is -0.0815. The molecule has 1 atom stereocenters. The molecule has 0 aliphatic rings. The van der Waals surface area contributed by atoms with Gasteiger partial charge in [-0.3, -0.25) is 9.36 Å². The third-order valence-corrected chi connectivity index (χ3v) is 5.87. The molecule has 0 amide bonds. The zero-order valence-corrected chi connectivity index (χ0v) is 17.3. The quantitative estimate of drug-likeness (QED) is 0.349. The van der Waals surface area contributed by atoms with Gasteiger partial charge >= 0.3 is 0 Å². The summed E-state index contributed by atoms with van der Waals surface area (Å²) in [5, 5.41) is 1.19. The van der Waals surface area contributed by atoms with Gasteiger partial charge in [-0.15, -0.1) is 0 Å². The molecule has 31 heavy (non-hydrogen) atoms. The number of rotatable bonds is 6. The van der Waals surface area contributed by atoms with Crippen LogP contribution in [0.4, 0.5) is 0 Å². The average molecular weight is 406 g/mol. The van der Waals surface area contributed by atoms with Gasteiger partial charge in [0.15, 0.2) is 11.6 Å². The van der Waals surface area contributed by atoms with Crippen molar-refractivity contribution in [3.8, 4) is 5.69 Å². The van der Waals surface area contributed by atoms with E-state index in [4.69, 9.17) is 0 Å². The molecule has 0 saturated heterocycles. The van der Waals surface area contributed by atoms with Gasteiger partial charge in [0.25, 0.3) is 0 Å². The van der Waals surface area contributed by atoms with Crippen LogP contribution in [-0.2, 0) is 0 Å². The summed E-state index contributed by atoms with van der Waals surface area (Å²) < 4.78 is 1.86. The van der Waals surface area contributed by atoms with E-state index in [0.717, 1.165) is 22.5 Å². The first kappa shape index (κ1) is 19.1. The zero-order valence-electron chi connectivity index (χ0n) is 17.3. The lowest BCUT2D eigenvalue weighted by atomic mass is 9.88. The van der Waals surface area contributed by atoms with Crippen LogP contribution < -0.4 is 0 Å². The number of nitrogens with one attached hydrogen (secondary N) is 1. The number of carbonyl (C=O) groups excluding carboxylic acids is 1. The highest BCUT2D eigenvalue weighted by Gasteiger charge is 2.25. The van der Waals surface area contributed by atoms with E-state index < -0.39 is 0 Å². The molecule has 2 aromatic heterocycles. The van der Waals surface area contributed by atoms with E-state index in [1.54, 1.807) is 6.20 Å². The molecule has 1 N–H and O–H groups in total. The third-order valence-electron chi connectivity index (χ3n) is 5.87. The predicted molar refractivity (Wildman–Crippen MR) is 124 cm³/mol. The number of ketones is 1. The van der Waals surface area contributed by atoms with Crippen molar-refractivity contribution in [2.75, 3.05) is 0 Å². The smallest absolute Gasteiger partial charge is 0.199 e. The van der Waals surface area contributed by atoms with Crippen LogP contribution in [-0.4, -0.2) is 20.3 Å². The summed E-state index contributed by atoms with van der Waals surface area (Å²) in [6, 6.07) is 28.4. The fourth-order valence-electron chi connectivity index (χ4n) is 4.31. The van der Waals surface area contributed by atoms with Gasteiger partial charge in [-0.25, -0.2) is 4.98 Å². The minimum Gasteiger partial charge on any atom is -0.358 e. The second-order valence-corrected chi connectivity index (χ2v) is 7.76. The number of aromatic amines is 1. The lowest BCUT2D eigenvalue weighted by molar-refractivity contribution is 0.0965. The Morgan fingerprint density at radius 3 is 2.35 bits per heavy atom. The van der Waals surface area contributed by atoms with E-state index >= 15 is 0 Å². The zero-order chi connectivity index (χ0) is 21.2. The molecule has 0 radical (unpaired) electrons. The monoisotopic (exact) mass is 405 g/mol. The number of hydrogen-bond donors (Lipinski definition) is 1. The Bertz CT molecular complexity index is 1330. The topological polar surface area (TPSA) is 50.7 Å². The first-order valence-corrected chi connectivity index (χ1v) is 10.5. The summed E-state index contributed by atoms with van der Waals surface area (Å²) >= 11 is 0. The van der Waals surface area contributed by atoms with Crippen molar-refractivity contribution in [1.29, 1.82) is 0 Å². The lowest BCUT2D eigenvalue weighted by Gasteiger charge is -2.17. The van der Waals surface area contributed by atoms with Gasteiger partial charge in [0.2, 0.25) is 0 Å². The summed E-state index contributed by atoms with van der Waals surface area (Å²) in [5.74, 6) is 0.392. The van der Waals surface area contributed by atoms with Crippen LogP contribution in [0, 0.1) is 6.92 Å². The maximum absolute atomic E-state index is 13.5. The molecule has 3 aromatic carbocycles. The van der Waals surface area contributed by atoms with Gasteiger partial charge in [-0.2, -0.15) is 0 Å². The Balaban J connectivity index is 1.56. The number of para-hydroxylation sites is 2. The largest absolute Gasteiger partial charge is 0.358 e. The van der Waals surface area contributed by atoms with E-state index in [-0.39, 0.29) is 11.7 Å². The first-order chi connectivity index (χ1) is 15.2. The highest BCUT2D eigenvalue weighted by Crippen LogP contribution is 2.34. The molecule has 0 spiro atoms. The second kappa shape index (κ2) is 8.07. The number of aromatic nitrogens is 3. The maximum Gasteiger partial charge on any atom is 0.199 e. The molecule has 0 fully saturated rings. The standard InChI is InChI=1S/C27H23N3O/c1-19-22-14-8-9-15-24(22)29-26(19)23(20-10-4-2-5-11-20)18-25(31)27-28-16-17-30(27)21-12-6-3-7-13-21/h2-17,23,29H,18H2,1H3/t23-/m0/s1. The minimum absolute atomic E-state index is 0.0146. The van der Waals surface area contributed by atoms with Crippen LogP contribution in [0.5, 0.6) is 0 Å². The van der Waals surface area contributed by atoms with E-state index in [9.17, 15) is 4.79 Å². The van der Waals surface area contributed by atoms with Gasteiger partial charge in [-0.05, 0) is 36.2 Å².